The fraction of sp³-hybridized carbons (Fsp3) is 1.00. The lowest BCUT2D eigenvalue weighted by Gasteiger charge is -2.14. The van der Waals surface area contributed by atoms with E-state index in [0.717, 1.165) is 0 Å². The van der Waals surface area contributed by atoms with E-state index in [1.54, 1.807) is 0 Å². The zero-order valence-corrected chi connectivity index (χ0v) is 7.82. The maximum Gasteiger partial charge on any atom is 0.469 e. The van der Waals surface area contributed by atoms with Gasteiger partial charge < -0.3 is 29.8 Å². The Kier molecular flexibility index (Phi) is 3.62. The third kappa shape index (κ3) is 2.97. The van der Waals surface area contributed by atoms with E-state index >= 15 is 0 Å². The SMILES string of the molecule is O=P(O)(O)OC[C@H]1O[C@@H](O)[C@H](O)[C@@H]1O. The number of hydrogen-bond acceptors (Lipinski definition) is 6. The average Bonchev–Trinajstić information content (AvgIpc) is 2.28. The van der Waals surface area contributed by atoms with Gasteiger partial charge in [-0.15, -0.1) is 0 Å². The quantitative estimate of drug-likeness (QED) is 0.336. The molecule has 0 unspecified atom stereocenters. The minimum Gasteiger partial charge on any atom is -0.387 e. The highest BCUT2D eigenvalue weighted by molar-refractivity contribution is 7.46. The molecular weight excluding hydrogens is 219 g/mol. The Bertz CT molecular complexity index is 238. The highest BCUT2D eigenvalue weighted by atomic mass is 31.2. The molecule has 0 aliphatic carbocycles. The predicted octanol–water partition coefficient (Wildman–Crippen LogP) is -2.47. The van der Waals surface area contributed by atoms with Crippen LogP contribution in [0.4, 0.5) is 0 Å². The molecule has 0 aromatic carbocycles. The van der Waals surface area contributed by atoms with Crippen LogP contribution in [0.25, 0.3) is 0 Å². The fourth-order valence-electron chi connectivity index (χ4n) is 1.04. The molecule has 1 fully saturated rings. The van der Waals surface area contributed by atoms with Crippen LogP contribution in [-0.2, 0) is 13.8 Å². The first-order chi connectivity index (χ1) is 6.31. The number of phosphoric acid groups is 1. The molecule has 84 valence electrons. The van der Waals surface area contributed by atoms with Gasteiger partial charge in [-0.25, -0.2) is 4.57 Å². The van der Waals surface area contributed by atoms with E-state index in [9.17, 15) is 4.57 Å². The molecule has 0 saturated carbocycles. The molecule has 0 amide bonds. The minimum atomic E-state index is -4.64. The van der Waals surface area contributed by atoms with Crippen LogP contribution in [0, 0.1) is 0 Å². The van der Waals surface area contributed by atoms with Gasteiger partial charge in [0.2, 0.25) is 0 Å². The van der Waals surface area contributed by atoms with Gasteiger partial charge in [-0.1, -0.05) is 0 Å². The Balaban J connectivity index is 2.44. The molecule has 8 nitrogen and oxygen atoms in total. The second kappa shape index (κ2) is 4.21. The summed E-state index contributed by atoms with van der Waals surface area (Å²) in [6.45, 7) is -0.612. The van der Waals surface area contributed by atoms with Crippen LogP contribution in [-0.4, -0.2) is 56.3 Å². The third-order valence-corrected chi connectivity index (χ3v) is 2.23. The van der Waals surface area contributed by atoms with Gasteiger partial charge in [-0.2, -0.15) is 0 Å². The van der Waals surface area contributed by atoms with Crippen molar-refractivity contribution in [1.82, 2.24) is 0 Å². The van der Waals surface area contributed by atoms with Gasteiger partial charge in [0.15, 0.2) is 6.29 Å². The molecule has 0 aromatic rings. The maximum absolute atomic E-state index is 10.3. The summed E-state index contributed by atoms with van der Waals surface area (Å²) < 4.78 is 18.9. The number of phosphoric ester groups is 1. The second-order valence-electron chi connectivity index (χ2n) is 2.83. The van der Waals surface area contributed by atoms with E-state index in [0.29, 0.717) is 0 Å². The largest absolute Gasteiger partial charge is 0.469 e. The van der Waals surface area contributed by atoms with Crippen molar-refractivity contribution in [3.8, 4) is 0 Å². The number of rotatable bonds is 3. The third-order valence-electron chi connectivity index (χ3n) is 1.74. The lowest BCUT2D eigenvalue weighted by atomic mass is 10.1. The summed E-state index contributed by atoms with van der Waals surface area (Å²) in [5.41, 5.74) is 0. The molecule has 0 radical (unpaired) electrons. The standard InChI is InChI=1S/C5H11O8P/c6-3-2(1-12-14(9,10)11)13-5(8)4(3)7/h2-8H,1H2,(H2,9,10,11)/t2-,3-,4-,5-/m1/s1. The summed E-state index contributed by atoms with van der Waals surface area (Å²) in [4.78, 5) is 16.6. The second-order valence-corrected chi connectivity index (χ2v) is 4.07. The molecule has 1 rings (SSSR count). The van der Waals surface area contributed by atoms with E-state index in [1.165, 1.54) is 0 Å². The Morgan fingerprint density at radius 2 is 1.79 bits per heavy atom. The summed E-state index contributed by atoms with van der Waals surface area (Å²) in [5, 5.41) is 27.0. The van der Waals surface area contributed by atoms with Crippen molar-refractivity contribution in [1.29, 1.82) is 0 Å². The van der Waals surface area contributed by atoms with Gasteiger partial charge in [0.25, 0.3) is 0 Å². The summed E-state index contributed by atoms with van der Waals surface area (Å²) >= 11 is 0. The van der Waals surface area contributed by atoms with Gasteiger partial charge >= 0.3 is 7.82 Å². The molecule has 1 aliphatic heterocycles. The van der Waals surface area contributed by atoms with Gasteiger partial charge in [-0.3, -0.25) is 4.52 Å². The topological polar surface area (TPSA) is 137 Å². The van der Waals surface area contributed by atoms with Crippen molar-refractivity contribution in [2.24, 2.45) is 0 Å². The smallest absolute Gasteiger partial charge is 0.387 e. The molecule has 9 heteroatoms. The average molecular weight is 230 g/mol. The van der Waals surface area contributed by atoms with Crippen molar-refractivity contribution in [2.75, 3.05) is 6.61 Å². The zero-order chi connectivity index (χ0) is 10.9. The van der Waals surface area contributed by atoms with Crippen LogP contribution in [0.15, 0.2) is 0 Å². The molecule has 1 heterocycles. The summed E-state index contributed by atoms with van der Waals surface area (Å²) in [6.07, 6.45) is -5.67. The summed E-state index contributed by atoms with van der Waals surface area (Å²) in [5.74, 6) is 0. The van der Waals surface area contributed by atoms with Crippen LogP contribution in [0.3, 0.4) is 0 Å². The Morgan fingerprint density at radius 3 is 2.14 bits per heavy atom. The Labute approximate surface area is 78.9 Å². The summed E-state index contributed by atoms with van der Waals surface area (Å²) in [7, 11) is -4.64. The van der Waals surface area contributed by atoms with Gasteiger partial charge in [0, 0.05) is 0 Å². The Morgan fingerprint density at radius 1 is 1.21 bits per heavy atom. The molecule has 5 N–H and O–H groups in total. The predicted molar refractivity (Wildman–Crippen MR) is 40.9 cm³/mol. The van der Waals surface area contributed by atoms with E-state index in [1.807, 2.05) is 0 Å². The zero-order valence-electron chi connectivity index (χ0n) is 6.92. The van der Waals surface area contributed by atoms with Crippen LogP contribution < -0.4 is 0 Å². The molecule has 4 atom stereocenters. The van der Waals surface area contributed by atoms with Crippen LogP contribution in [0.5, 0.6) is 0 Å². The summed E-state index contributed by atoms with van der Waals surface area (Å²) in [6, 6.07) is 0. The van der Waals surface area contributed by atoms with Gasteiger partial charge in [0.05, 0.1) is 6.61 Å². The lowest BCUT2D eigenvalue weighted by molar-refractivity contribution is -0.132. The lowest BCUT2D eigenvalue weighted by Crippen LogP contribution is -2.34. The van der Waals surface area contributed by atoms with Crippen molar-refractivity contribution in [3.05, 3.63) is 0 Å². The molecule has 1 aliphatic rings. The maximum atomic E-state index is 10.3. The highest BCUT2D eigenvalue weighted by Crippen LogP contribution is 2.36. The fourth-order valence-corrected chi connectivity index (χ4v) is 1.38. The molecule has 0 spiro atoms. The first kappa shape index (κ1) is 12.0. The molecule has 1 saturated heterocycles. The van der Waals surface area contributed by atoms with Crippen molar-refractivity contribution >= 4 is 7.82 Å². The highest BCUT2D eigenvalue weighted by Gasteiger charge is 2.42. The first-order valence-corrected chi connectivity index (χ1v) is 5.24. The van der Waals surface area contributed by atoms with E-state index in [-0.39, 0.29) is 0 Å². The van der Waals surface area contributed by atoms with E-state index in [4.69, 9.17) is 25.1 Å². The molecule has 0 bridgehead atoms. The van der Waals surface area contributed by atoms with Crippen LogP contribution >= 0.6 is 7.82 Å². The number of aliphatic hydroxyl groups is 3. The number of ether oxygens (including phenoxy) is 1. The monoisotopic (exact) mass is 230 g/mol. The van der Waals surface area contributed by atoms with E-state index in [2.05, 4.69) is 9.26 Å². The van der Waals surface area contributed by atoms with Gasteiger partial charge in [0.1, 0.15) is 18.3 Å². The minimum absolute atomic E-state index is 0.612. The number of aliphatic hydroxyl groups excluding tert-OH is 3. The van der Waals surface area contributed by atoms with Crippen molar-refractivity contribution < 1.29 is 38.9 Å². The van der Waals surface area contributed by atoms with E-state index < -0.39 is 39.0 Å². The molecule has 0 aromatic heterocycles. The number of hydrogen-bond donors (Lipinski definition) is 5. The van der Waals surface area contributed by atoms with Crippen LogP contribution in [0.2, 0.25) is 0 Å². The van der Waals surface area contributed by atoms with Crippen molar-refractivity contribution in [2.45, 2.75) is 24.6 Å². The van der Waals surface area contributed by atoms with Crippen molar-refractivity contribution in [3.63, 3.8) is 0 Å². The molecular formula is C5H11O8P. The first-order valence-electron chi connectivity index (χ1n) is 3.71. The normalized spacial score (nSPS) is 38.9. The van der Waals surface area contributed by atoms with Gasteiger partial charge in [-0.05, 0) is 0 Å². The molecule has 14 heavy (non-hydrogen) atoms. The Hall–Kier alpha value is -0.0500. The van der Waals surface area contributed by atoms with Crippen LogP contribution in [0.1, 0.15) is 0 Å².